The predicted molar refractivity (Wildman–Crippen MR) is 142 cm³/mol. The van der Waals surface area contributed by atoms with E-state index in [2.05, 4.69) is 30.9 Å². The smallest absolute Gasteiger partial charge is 0.303 e. The molecule has 0 bridgehead atoms. The first-order chi connectivity index (χ1) is 18.1. The molecule has 0 amide bonds. The molecule has 4 aromatic rings. The summed E-state index contributed by atoms with van der Waals surface area (Å²) >= 11 is 9.61. The zero-order chi connectivity index (χ0) is 27.2. The number of anilines is 1. The molecule has 4 atom stereocenters. The minimum atomic E-state index is -1.40. The van der Waals surface area contributed by atoms with Gasteiger partial charge >= 0.3 is 11.9 Å². The van der Waals surface area contributed by atoms with Gasteiger partial charge in [-0.25, -0.2) is 15.0 Å². The van der Waals surface area contributed by atoms with Crippen molar-refractivity contribution < 1.29 is 28.5 Å². The predicted octanol–water partition coefficient (Wildman–Crippen LogP) is 4.21. The Morgan fingerprint density at radius 1 is 1.21 bits per heavy atom. The number of carbonyl (C=O) groups excluding carboxylic acids is 2. The van der Waals surface area contributed by atoms with Crippen molar-refractivity contribution in [3.63, 3.8) is 0 Å². The molecule has 0 spiro atoms. The van der Waals surface area contributed by atoms with Gasteiger partial charge in [-0.3, -0.25) is 9.59 Å². The van der Waals surface area contributed by atoms with Gasteiger partial charge in [0.05, 0.1) is 15.4 Å². The third-order valence-electron chi connectivity index (χ3n) is 6.33. The molecule has 38 heavy (non-hydrogen) atoms. The molecule has 5 rings (SSSR count). The number of nitrogens with zero attached hydrogens (tertiary/aromatic N) is 4. The van der Waals surface area contributed by atoms with Crippen molar-refractivity contribution in [3.8, 4) is 5.75 Å². The summed E-state index contributed by atoms with van der Waals surface area (Å²) in [5.41, 5.74) is 5.63. The van der Waals surface area contributed by atoms with E-state index in [4.69, 9.17) is 36.3 Å². The van der Waals surface area contributed by atoms with Crippen LogP contribution in [0.15, 0.2) is 47.3 Å². The van der Waals surface area contributed by atoms with E-state index in [0.717, 1.165) is 5.39 Å². The molecule has 1 fully saturated rings. The first-order valence-corrected chi connectivity index (χ1v) is 12.7. The van der Waals surface area contributed by atoms with Gasteiger partial charge < -0.3 is 29.2 Å². The van der Waals surface area contributed by atoms with Gasteiger partial charge in [-0.05, 0) is 47.1 Å². The van der Waals surface area contributed by atoms with Crippen molar-refractivity contribution in [2.24, 2.45) is 0 Å². The van der Waals surface area contributed by atoms with Crippen LogP contribution >= 0.6 is 27.5 Å². The second kappa shape index (κ2) is 10.0. The Labute approximate surface area is 230 Å². The highest BCUT2D eigenvalue weighted by molar-refractivity contribution is 9.10. The molecule has 0 unspecified atom stereocenters. The zero-order valence-corrected chi connectivity index (χ0v) is 22.9. The number of halogens is 2. The van der Waals surface area contributed by atoms with Gasteiger partial charge in [0.1, 0.15) is 41.4 Å². The topological polar surface area (TPSA) is 141 Å². The fourth-order valence-electron chi connectivity index (χ4n) is 4.59. The quantitative estimate of drug-likeness (QED) is 0.251. The first-order valence-electron chi connectivity index (χ1n) is 11.5. The summed E-state index contributed by atoms with van der Waals surface area (Å²) in [4.78, 5) is 37.0. The fourth-order valence-corrected chi connectivity index (χ4v) is 5.11. The molecule has 3 aromatic heterocycles. The average molecular weight is 605 g/mol. The summed E-state index contributed by atoms with van der Waals surface area (Å²) in [5.74, 6) is -0.292. The van der Waals surface area contributed by atoms with Crippen LogP contribution in [-0.4, -0.2) is 55.9 Å². The van der Waals surface area contributed by atoms with E-state index in [0.29, 0.717) is 32.6 Å². The number of carbonyl (C=O) groups is 2. The van der Waals surface area contributed by atoms with Crippen LogP contribution in [0.3, 0.4) is 0 Å². The van der Waals surface area contributed by atoms with Crippen LogP contribution < -0.4 is 10.5 Å². The van der Waals surface area contributed by atoms with Crippen molar-refractivity contribution >= 4 is 67.2 Å². The molecule has 2 N–H and O–H groups in total. The number of ether oxygens (including phenoxy) is 4. The molecule has 1 aromatic carbocycles. The molecular formula is C25H23BrClN5O6. The third-order valence-corrected chi connectivity index (χ3v) is 7.27. The van der Waals surface area contributed by atoms with Gasteiger partial charge in [0.25, 0.3) is 0 Å². The summed E-state index contributed by atoms with van der Waals surface area (Å²) in [7, 11) is 0. The maximum absolute atomic E-state index is 12.2. The Bertz CT molecular complexity index is 1560. The molecule has 13 heteroatoms. The van der Waals surface area contributed by atoms with Crippen molar-refractivity contribution in [2.75, 3.05) is 12.3 Å². The number of hydrogen-bond acceptors (Lipinski definition) is 10. The van der Waals surface area contributed by atoms with Crippen molar-refractivity contribution in [3.05, 3.63) is 52.5 Å². The van der Waals surface area contributed by atoms with E-state index in [1.807, 2.05) is 12.1 Å². The second-order valence-corrected chi connectivity index (χ2v) is 10.2. The van der Waals surface area contributed by atoms with Crippen molar-refractivity contribution in [2.45, 2.75) is 44.8 Å². The van der Waals surface area contributed by atoms with Crippen LogP contribution in [-0.2, 0) is 23.8 Å². The Morgan fingerprint density at radius 2 is 2.00 bits per heavy atom. The lowest BCUT2D eigenvalue weighted by Crippen LogP contribution is -2.52. The van der Waals surface area contributed by atoms with Gasteiger partial charge in [0, 0.05) is 31.5 Å². The van der Waals surface area contributed by atoms with Crippen LogP contribution in [0.5, 0.6) is 5.75 Å². The average Bonchev–Trinajstić information content (AvgIpc) is 3.38. The molecular weight excluding hydrogens is 582 g/mol. The molecule has 1 saturated heterocycles. The lowest BCUT2D eigenvalue weighted by molar-refractivity contribution is -0.181. The van der Waals surface area contributed by atoms with Crippen molar-refractivity contribution in [1.82, 2.24) is 19.5 Å². The number of hydrogen-bond donors (Lipinski definition) is 1. The van der Waals surface area contributed by atoms with E-state index in [1.165, 1.54) is 20.2 Å². The van der Waals surface area contributed by atoms with Gasteiger partial charge in [0.15, 0.2) is 17.9 Å². The number of esters is 2. The number of nitrogen functional groups attached to an aromatic ring is 1. The van der Waals surface area contributed by atoms with E-state index >= 15 is 0 Å². The number of pyridine rings is 1. The minimum Gasteiger partial charge on any atom is -0.491 e. The number of aromatic nitrogens is 4. The first kappa shape index (κ1) is 26.1. The van der Waals surface area contributed by atoms with Crippen molar-refractivity contribution in [1.29, 1.82) is 0 Å². The maximum Gasteiger partial charge on any atom is 0.303 e. The highest BCUT2D eigenvalue weighted by atomic mass is 79.9. The lowest BCUT2D eigenvalue weighted by Gasteiger charge is -2.33. The largest absolute Gasteiger partial charge is 0.491 e. The number of fused-ring (bicyclic) bond motifs is 2. The molecule has 1 aliphatic rings. The maximum atomic E-state index is 12.2. The van der Waals surface area contributed by atoms with Crippen LogP contribution in [0.1, 0.15) is 27.0 Å². The molecule has 0 radical (unpaired) electrons. The summed E-state index contributed by atoms with van der Waals surface area (Å²) in [6.07, 6.45) is 0.241. The molecule has 11 nitrogen and oxygen atoms in total. The zero-order valence-electron chi connectivity index (χ0n) is 20.6. The minimum absolute atomic E-state index is 0.0372. The second-order valence-electron chi connectivity index (χ2n) is 8.97. The number of rotatable bonds is 6. The summed E-state index contributed by atoms with van der Waals surface area (Å²) < 4.78 is 26.2. The SMILES string of the molecule is CC(=O)O[C@H]1[C@H](n2ccc3c(Cl)ncnc32)O[C@H](COc2ccc3cc(Br)c(N)nc3c2)[C@@]1(C)OC(C)=O. The van der Waals surface area contributed by atoms with Crippen LogP contribution in [0, 0.1) is 0 Å². The lowest BCUT2D eigenvalue weighted by atomic mass is 9.94. The monoisotopic (exact) mass is 603 g/mol. The normalized spacial score (nSPS) is 23.0. The third kappa shape index (κ3) is 4.74. The molecule has 0 saturated carbocycles. The van der Waals surface area contributed by atoms with Gasteiger partial charge in [-0.2, -0.15) is 0 Å². The standard InChI is InChI=1S/C25H23BrClN5O6/c1-12(33)36-20-24(32-7-6-16-21(27)29-11-30-23(16)32)37-19(25(20,3)38-13(2)34)10-35-15-5-4-14-8-17(26)22(28)31-18(14)9-15/h4-9,11,19-20,24H,10H2,1-3H3,(H2,28,31)/t19-,20+,24-,25-/m1/s1. The summed E-state index contributed by atoms with van der Waals surface area (Å²) in [6.45, 7) is 4.15. The highest BCUT2D eigenvalue weighted by Crippen LogP contribution is 2.43. The van der Waals surface area contributed by atoms with Gasteiger partial charge in [-0.15, -0.1) is 0 Å². The Balaban J connectivity index is 1.50. The van der Waals surface area contributed by atoms with Crippen LogP contribution in [0.2, 0.25) is 5.15 Å². The number of nitrogens with two attached hydrogens (primary N) is 1. The van der Waals surface area contributed by atoms with Gasteiger partial charge in [0.2, 0.25) is 0 Å². The summed E-state index contributed by atoms with van der Waals surface area (Å²) in [6, 6.07) is 8.97. The summed E-state index contributed by atoms with van der Waals surface area (Å²) in [5, 5.41) is 1.72. The highest BCUT2D eigenvalue weighted by Gasteiger charge is 2.59. The van der Waals surface area contributed by atoms with E-state index in [1.54, 1.807) is 35.9 Å². The number of benzene rings is 1. The fraction of sp³-hybridized carbons (Fsp3) is 0.320. The van der Waals surface area contributed by atoms with E-state index in [-0.39, 0.29) is 11.8 Å². The molecule has 4 heterocycles. The molecule has 198 valence electrons. The Hall–Kier alpha value is -3.48. The van der Waals surface area contributed by atoms with E-state index in [9.17, 15) is 9.59 Å². The van der Waals surface area contributed by atoms with Crippen LogP contribution in [0.25, 0.3) is 21.9 Å². The van der Waals surface area contributed by atoms with Crippen LogP contribution in [0.4, 0.5) is 5.82 Å². The van der Waals surface area contributed by atoms with Gasteiger partial charge in [-0.1, -0.05) is 11.6 Å². The molecule has 1 aliphatic heterocycles. The van der Waals surface area contributed by atoms with E-state index < -0.39 is 36.0 Å². The Morgan fingerprint density at radius 3 is 2.74 bits per heavy atom. The Kier molecular flexibility index (Phi) is 6.88. The molecule has 0 aliphatic carbocycles.